The lowest BCUT2D eigenvalue weighted by Gasteiger charge is -2.21. The number of nitrogens with two attached hydrogens (primary N) is 1. The first-order chi connectivity index (χ1) is 9.04. The lowest BCUT2D eigenvalue weighted by atomic mass is 10.1. The van der Waals surface area contributed by atoms with Gasteiger partial charge in [0.2, 0.25) is 0 Å². The highest BCUT2D eigenvalue weighted by Crippen LogP contribution is 2.22. The highest BCUT2D eigenvalue weighted by Gasteiger charge is 2.30. The highest BCUT2D eigenvalue weighted by molar-refractivity contribution is 5.99. The van der Waals surface area contributed by atoms with Gasteiger partial charge in [0, 0.05) is 30.4 Å². The average molecular weight is 261 g/mol. The molecular formula is C14H19N3O2. The summed E-state index contributed by atoms with van der Waals surface area (Å²) in [6.45, 7) is 5.43. The van der Waals surface area contributed by atoms with E-state index in [1.807, 2.05) is 18.7 Å². The molecule has 0 spiro atoms. The Kier molecular flexibility index (Phi) is 3.85. The number of amides is 2. The Morgan fingerprint density at radius 1 is 1.26 bits per heavy atom. The summed E-state index contributed by atoms with van der Waals surface area (Å²) >= 11 is 0. The topological polar surface area (TPSA) is 66.6 Å². The van der Waals surface area contributed by atoms with E-state index in [0.717, 1.165) is 12.2 Å². The van der Waals surface area contributed by atoms with Crippen LogP contribution in [0.5, 0.6) is 0 Å². The second kappa shape index (κ2) is 5.40. The van der Waals surface area contributed by atoms with Gasteiger partial charge >= 0.3 is 6.03 Å². The van der Waals surface area contributed by atoms with Crippen molar-refractivity contribution in [3.05, 3.63) is 29.8 Å². The first-order valence-electron chi connectivity index (χ1n) is 6.46. The fourth-order valence-corrected chi connectivity index (χ4v) is 2.22. The summed E-state index contributed by atoms with van der Waals surface area (Å²) in [6, 6.07) is 7.25. The Bertz CT molecular complexity index is 482. The van der Waals surface area contributed by atoms with Crippen molar-refractivity contribution in [2.45, 2.75) is 19.9 Å². The minimum absolute atomic E-state index is 0.00309. The second-order valence-corrected chi connectivity index (χ2v) is 4.90. The molecule has 1 saturated heterocycles. The molecule has 1 aromatic carbocycles. The lowest BCUT2D eigenvalue weighted by molar-refractivity contribution is 0.100. The van der Waals surface area contributed by atoms with E-state index in [0.29, 0.717) is 12.1 Å². The van der Waals surface area contributed by atoms with Crippen molar-refractivity contribution >= 4 is 17.5 Å². The number of carbonyl (C=O) groups excluding carboxylic acids is 2. The van der Waals surface area contributed by atoms with Crippen LogP contribution in [0.2, 0.25) is 0 Å². The molecule has 19 heavy (non-hydrogen) atoms. The monoisotopic (exact) mass is 261 g/mol. The van der Waals surface area contributed by atoms with Gasteiger partial charge in [-0.2, -0.15) is 0 Å². The van der Waals surface area contributed by atoms with Gasteiger partial charge in [0.1, 0.15) is 0 Å². The fourth-order valence-electron chi connectivity index (χ4n) is 2.22. The van der Waals surface area contributed by atoms with Crippen molar-refractivity contribution in [3.63, 3.8) is 0 Å². The van der Waals surface area contributed by atoms with Crippen molar-refractivity contribution in [2.75, 3.05) is 24.5 Å². The van der Waals surface area contributed by atoms with Gasteiger partial charge in [-0.25, -0.2) is 4.79 Å². The second-order valence-electron chi connectivity index (χ2n) is 4.90. The standard InChI is InChI=1S/C14H19N3O2/c1-10(2)16-7-8-17(14(16)19)12-5-3-11(4-6-12)13(18)9-15/h3-6,10H,7-9,15H2,1-2H3. The van der Waals surface area contributed by atoms with Gasteiger partial charge in [0.05, 0.1) is 6.54 Å². The van der Waals surface area contributed by atoms with Crippen LogP contribution in [0.3, 0.4) is 0 Å². The number of hydrogen-bond acceptors (Lipinski definition) is 3. The van der Waals surface area contributed by atoms with E-state index in [2.05, 4.69) is 0 Å². The maximum absolute atomic E-state index is 12.2. The Labute approximate surface area is 113 Å². The summed E-state index contributed by atoms with van der Waals surface area (Å²) in [5, 5.41) is 0. The normalized spacial score (nSPS) is 15.5. The van der Waals surface area contributed by atoms with Gasteiger partial charge in [-0.3, -0.25) is 9.69 Å². The van der Waals surface area contributed by atoms with E-state index in [9.17, 15) is 9.59 Å². The van der Waals surface area contributed by atoms with E-state index in [1.165, 1.54) is 0 Å². The van der Waals surface area contributed by atoms with E-state index < -0.39 is 0 Å². The number of urea groups is 1. The first kappa shape index (κ1) is 13.5. The van der Waals surface area contributed by atoms with Gasteiger partial charge in [0.25, 0.3) is 0 Å². The summed E-state index contributed by atoms with van der Waals surface area (Å²) in [5.74, 6) is -0.0943. The van der Waals surface area contributed by atoms with Gasteiger partial charge in [0.15, 0.2) is 5.78 Å². The third kappa shape index (κ3) is 2.61. The third-order valence-electron chi connectivity index (χ3n) is 3.35. The Morgan fingerprint density at radius 3 is 2.37 bits per heavy atom. The predicted molar refractivity (Wildman–Crippen MR) is 74.4 cm³/mol. The first-order valence-corrected chi connectivity index (χ1v) is 6.46. The molecule has 2 rings (SSSR count). The van der Waals surface area contributed by atoms with Gasteiger partial charge in [-0.05, 0) is 38.1 Å². The molecule has 5 heteroatoms. The van der Waals surface area contributed by atoms with E-state index in [4.69, 9.17) is 5.73 Å². The number of rotatable bonds is 4. The number of carbonyl (C=O) groups is 2. The van der Waals surface area contributed by atoms with Gasteiger partial charge < -0.3 is 10.6 Å². The molecule has 5 nitrogen and oxygen atoms in total. The number of anilines is 1. The molecule has 0 saturated carbocycles. The molecule has 1 aromatic rings. The van der Waals surface area contributed by atoms with Gasteiger partial charge in [-0.15, -0.1) is 0 Å². The predicted octanol–water partition coefficient (Wildman–Crippen LogP) is 1.48. The van der Waals surface area contributed by atoms with Crippen LogP contribution in [0, 0.1) is 0 Å². The molecule has 0 aromatic heterocycles. The zero-order chi connectivity index (χ0) is 14.0. The van der Waals surface area contributed by atoms with Crippen molar-refractivity contribution in [2.24, 2.45) is 5.73 Å². The third-order valence-corrected chi connectivity index (χ3v) is 3.35. The average Bonchev–Trinajstić information content (AvgIpc) is 2.80. The maximum Gasteiger partial charge on any atom is 0.324 e. The minimum Gasteiger partial charge on any atom is -0.324 e. The number of hydrogen-bond donors (Lipinski definition) is 1. The van der Waals surface area contributed by atoms with E-state index in [-0.39, 0.29) is 24.4 Å². The summed E-state index contributed by atoms with van der Waals surface area (Å²) in [4.78, 5) is 27.2. The molecule has 2 amide bonds. The molecule has 0 aliphatic carbocycles. The van der Waals surface area contributed by atoms with Crippen molar-refractivity contribution in [3.8, 4) is 0 Å². The zero-order valence-corrected chi connectivity index (χ0v) is 11.3. The molecule has 2 N–H and O–H groups in total. The molecule has 102 valence electrons. The molecule has 0 radical (unpaired) electrons. The lowest BCUT2D eigenvalue weighted by Crippen LogP contribution is -2.36. The molecule has 1 aliphatic rings. The largest absolute Gasteiger partial charge is 0.324 e. The highest BCUT2D eigenvalue weighted by atomic mass is 16.2. The number of Topliss-reactive ketones (excluding diaryl/α,β-unsaturated/α-hetero) is 1. The molecular weight excluding hydrogens is 242 g/mol. The molecule has 1 aliphatic heterocycles. The number of benzene rings is 1. The van der Waals surface area contributed by atoms with E-state index in [1.54, 1.807) is 29.2 Å². The van der Waals surface area contributed by atoms with Crippen LogP contribution >= 0.6 is 0 Å². The number of ketones is 1. The molecule has 0 unspecified atom stereocenters. The summed E-state index contributed by atoms with van der Waals surface area (Å²) in [7, 11) is 0. The summed E-state index contributed by atoms with van der Waals surface area (Å²) in [6.07, 6.45) is 0. The van der Waals surface area contributed by atoms with Gasteiger partial charge in [-0.1, -0.05) is 0 Å². The van der Waals surface area contributed by atoms with Crippen LogP contribution in [0.25, 0.3) is 0 Å². The Hall–Kier alpha value is -1.88. The minimum atomic E-state index is -0.0943. The SMILES string of the molecule is CC(C)N1CCN(c2ccc(C(=O)CN)cc2)C1=O. The zero-order valence-electron chi connectivity index (χ0n) is 11.3. The summed E-state index contributed by atoms with van der Waals surface area (Å²) < 4.78 is 0. The Balaban J connectivity index is 2.15. The fraction of sp³-hybridized carbons (Fsp3) is 0.429. The van der Waals surface area contributed by atoms with Crippen LogP contribution in [-0.2, 0) is 0 Å². The number of nitrogens with zero attached hydrogens (tertiary/aromatic N) is 2. The van der Waals surface area contributed by atoms with Crippen molar-refractivity contribution < 1.29 is 9.59 Å². The maximum atomic E-state index is 12.2. The van der Waals surface area contributed by atoms with E-state index >= 15 is 0 Å². The molecule has 0 bridgehead atoms. The van der Waals surface area contributed by atoms with Crippen LogP contribution in [-0.4, -0.2) is 42.4 Å². The van der Waals surface area contributed by atoms with Crippen LogP contribution < -0.4 is 10.6 Å². The molecule has 0 atom stereocenters. The van der Waals surface area contributed by atoms with Crippen molar-refractivity contribution in [1.29, 1.82) is 0 Å². The van der Waals surface area contributed by atoms with Crippen LogP contribution in [0.15, 0.2) is 24.3 Å². The molecule has 1 fully saturated rings. The van der Waals surface area contributed by atoms with Crippen LogP contribution in [0.4, 0.5) is 10.5 Å². The smallest absolute Gasteiger partial charge is 0.324 e. The quantitative estimate of drug-likeness (QED) is 0.835. The Morgan fingerprint density at radius 2 is 1.89 bits per heavy atom. The molecule has 1 heterocycles. The van der Waals surface area contributed by atoms with Crippen LogP contribution in [0.1, 0.15) is 24.2 Å². The summed E-state index contributed by atoms with van der Waals surface area (Å²) in [5.41, 5.74) is 6.72. The van der Waals surface area contributed by atoms with Crippen molar-refractivity contribution in [1.82, 2.24) is 4.90 Å².